The van der Waals surface area contributed by atoms with E-state index in [0.717, 1.165) is 0 Å². The van der Waals surface area contributed by atoms with Crippen LogP contribution in [0.1, 0.15) is 36.2 Å². The van der Waals surface area contributed by atoms with Crippen LogP contribution >= 0.6 is 0 Å². The Morgan fingerprint density at radius 3 is 2.76 bits per heavy atom. The van der Waals surface area contributed by atoms with Crippen molar-refractivity contribution < 1.29 is 9.90 Å². The standard InChI is InChI=1S/C17H20N2O2/c1-3-19(13-14(2)12-18)17(21)16-10-5-4-8-15(16)9-6-7-11-20/h4-5,8,10,14,20H,3,7,11,13H2,1-2H3. The summed E-state index contributed by atoms with van der Waals surface area (Å²) in [5, 5.41) is 17.7. The third kappa shape index (κ3) is 4.95. The maximum absolute atomic E-state index is 12.6. The van der Waals surface area contributed by atoms with Crippen molar-refractivity contribution in [2.45, 2.75) is 20.3 Å². The van der Waals surface area contributed by atoms with Crippen molar-refractivity contribution in [3.8, 4) is 17.9 Å². The molecule has 110 valence electrons. The molecule has 0 aliphatic heterocycles. The van der Waals surface area contributed by atoms with Crippen LogP contribution in [0, 0.1) is 29.1 Å². The molecule has 21 heavy (non-hydrogen) atoms. The van der Waals surface area contributed by atoms with Crippen molar-refractivity contribution in [1.82, 2.24) is 4.90 Å². The molecule has 0 bridgehead atoms. The van der Waals surface area contributed by atoms with E-state index in [-0.39, 0.29) is 18.4 Å². The summed E-state index contributed by atoms with van der Waals surface area (Å²) in [6.07, 6.45) is 0.380. The molecule has 1 amide bonds. The summed E-state index contributed by atoms with van der Waals surface area (Å²) in [5.41, 5.74) is 1.19. The molecule has 1 atom stereocenters. The number of amides is 1. The number of benzene rings is 1. The predicted molar refractivity (Wildman–Crippen MR) is 81.4 cm³/mol. The van der Waals surface area contributed by atoms with E-state index in [1.54, 1.807) is 30.0 Å². The van der Waals surface area contributed by atoms with Crippen LogP contribution in [0.4, 0.5) is 0 Å². The van der Waals surface area contributed by atoms with Gasteiger partial charge in [-0.05, 0) is 26.0 Å². The molecule has 0 spiro atoms. The van der Waals surface area contributed by atoms with Gasteiger partial charge in [-0.25, -0.2) is 0 Å². The second-order valence-electron chi connectivity index (χ2n) is 4.69. The Morgan fingerprint density at radius 1 is 1.43 bits per heavy atom. The van der Waals surface area contributed by atoms with Gasteiger partial charge in [-0.15, -0.1) is 0 Å². The Kier molecular flexibility index (Phi) is 7.01. The minimum Gasteiger partial charge on any atom is -0.395 e. The largest absolute Gasteiger partial charge is 0.395 e. The molecule has 0 fully saturated rings. The quantitative estimate of drug-likeness (QED) is 0.842. The van der Waals surface area contributed by atoms with Crippen LogP contribution in [0.3, 0.4) is 0 Å². The second-order valence-corrected chi connectivity index (χ2v) is 4.69. The van der Waals surface area contributed by atoms with Crippen LogP contribution in [0.15, 0.2) is 24.3 Å². The minimum atomic E-state index is -0.207. The molecule has 1 aromatic rings. The topological polar surface area (TPSA) is 64.3 Å². The smallest absolute Gasteiger partial charge is 0.255 e. The van der Waals surface area contributed by atoms with Gasteiger partial charge in [-0.1, -0.05) is 24.0 Å². The predicted octanol–water partition coefficient (Wildman–Crippen LogP) is 2.04. The van der Waals surface area contributed by atoms with Crippen molar-refractivity contribution in [2.24, 2.45) is 5.92 Å². The van der Waals surface area contributed by atoms with Gasteiger partial charge in [-0.2, -0.15) is 5.26 Å². The summed E-state index contributed by atoms with van der Waals surface area (Å²) < 4.78 is 0. The molecular formula is C17H20N2O2. The van der Waals surface area contributed by atoms with Crippen molar-refractivity contribution in [1.29, 1.82) is 5.26 Å². The molecule has 0 radical (unpaired) electrons. The van der Waals surface area contributed by atoms with Gasteiger partial charge in [0.25, 0.3) is 5.91 Å². The Hall–Kier alpha value is -2.30. The van der Waals surface area contributed by atoms with Crippen molar-refractivity contribution in [3.63, 3.8) is 0 Å². The average Bonchev–Trinajstić information content (AvgIpc) is 2.52. The Balaban J connectivity index is 3.01. The number of hydrogen-bond donors (Lipinski definition) is 1. The molecule has 1 aromatic carbocycles. The molecule has 0 heterocycles. The van der Waals surface area contributed by atoms with Crippen molar-refractivity contribution in [2.75, 3.05) is 19.7 Å². The number of hydrogen-bond acceptors (Lipinski definition) is 3. The van der Waals surface area contributed by atoms with E-state index in [1.165, 1.54) is 0 Å². The second kappa shape index (κ2) is 8.79. The lowest BCUT2D eigenvalue weighted by Crippen LogP contribution is -2.34. The van der Waals surface area contributed by atoms with Gasteiger partial charge in [0.05, 0.1) is 24.2 Å². The SMILES string of the molecule is CCN(CC(C)C#N)C(=O)c1ccccc1C#CCCO. The van der Waals surface area contributed by atoms with E-state index in [9.17, 15) is 4.79 Å². The molecule has 4 heteroatoms. The van der Waals surface area contributed by atoms with Gasteiger partial charge >= 0.3 is 0 Å². The van der Waals surface area contributed by atoms with Crippen LogP contribution in [0.5, 0.6) is 0 Å². The average molecular weight is 284 g/mol. The van der Waals surface area contributed by atoms with Crippen LogP contribution in [-0.2, 0) is 0 Å². The van der Waals surface area contributed by atoms with Crippen LogP contribution in [0.25, 0.3) is 0 Å². The maximum Gasteiger partial charge on any atom is 0.255 e. The Labute approximate surface area is 126 Å². The van der Waals surface area contributed by atoms with Gasteiger partial charge < -0.3 is 10.0 Å². The lowest BCUT2D eigenvalue weighted by atomic mass is 10.1. The number of nitrogens with zero attached hydrogens (tertiary/aromatic N) is 2. The zero-order valence-corrected chi connectivity index (χ0v) is 12.5. The summed E-state index contributed by atoms with van der Waals surface area (Å²) in [6.45, 7) is 4.64. The van der Waals surface area contributed by atoms with E-state index in [0.29, 0.717) is 30.6 Å². The molecule has 1 N–H and O–H groups in total. The highest BCUT2D eigenvalue weighted by molar-refractivity contribution is 5.96. The van der Waals surface area contributed by atoms with Crippen LogP contribution in [0.2, 0.25) is 0 Å². The molecule has 1 rings (SSSR count). The first kappa shape index (κ1) is 16.8. The normalized spacial score (nSPS) is 11.0. The fourth-order valence-corrected chi connectivity index (χ4v) is 1.89. The highest BCUT2D eigenvalue weighted by Gasteiger charge is 2.18. The first-order valence-electron chi connectivity index (χ1n) is 7.01. The number of aliphatic hydroxyl groups excluding tert-OH is 1. The fourth-order valence-electron chi connectivity index (χ4n) is 1.89. The van der Waals surface area contributed by atoms with E-state index >= 15 is 0 Å². The number of carbonyl (C=O) groups is 1. The number of aliphatic hydroxyl groups is 1. The molecule has 0 aliphatic carbocycles. The van der Waals surface area contributed by atoms with Crippen LogP contribution < -0.4 is 0 Å². The maximum atomic E-state index is 12.6. The molecule has 0 aromatic heterocycles. The summed E-state index contributed by atoms with van der Waals surface area (Å²) in [4.78, 5) is 14.2. The molecule has 1 unspecified atom stereocenters. The zero-order valence-electron chi connectivity index (χ0n) is 12.5. The Bertz CT molecular complexity index is 578. The van der Waals surface area contributed by atoms with Gasteiger partial charge in [-0.3, -0.25) is 4.79 Å². The number of nitriles is 1. The molecular weight excluding hydrogens is 264 g/mol. The van der Waals surface area contributed by atoms with Gasteiger partial charge in [0.15, 0.2) is 0 Å². The highest BCUT2D eigenvalue weighted by atomic mass is 16.2. The third-order valence-electron chi connectivity index (χ3n) is 3.00. The summed E-state index contributed by atoms with van der Waals surface area (Å²) in [5.74, 6) is 5.43. The lowest BCUT2D eigenvalue weighted by molar-refractivity contribution is 0.0752. The van der Waals surface area contributed by atoms with E-state index in [4.69, 9.17) is 10.4 Å². The van der Waals surface area contributed by atoms with Crippen molar-refractivity contribution >= 4 is 5.91 Å². The van der Waals surface area contributed by atoms with Crippen LogP contribution in [-0.4, -0.2) is 35.6 Å². The molecule has 0 saturated carbocycles. The van der Waals surface area contributed by atoms with E-state index in [1.807, 2.05) is 13.0 Å². The third-order valence-corrected chi connectivity index (χ3v) is 3.00. The summed E-state index contributed by atoms with van der Waals surface area (Å²) >= 11 is 0. The Morgan fingerprint density at radius 2 is 2.14 bits per heavy atom. The van der Waals surface area contributed by atoms with E-state index in [2.05, 4.69) is 17.9 Å². The highest BCUT2D eigenvalue weighted by Crippen LogP contribution is 2.12. The first-order chi connectivity index (χ1) is 10.1. The van der Waals surface area contributed by atoms with Gasteiger partial charge in [0.2, 0.25) is 0 Å². The first-order valence-corrected chi connectivity index (χ1v) is 7.01. The van der Waals surface area contributed by atoms with Crippen molar-refractivity contribution in [3.05, 3.63) is 35.4 Å². The molecule has 4 nitrogen and oxygen atoms in total. The number of rotatable bonds is 5. The number of carbonyl (C=O) groups excluding carboxylic acids is 1. The van der Waals surface area contributed by atoms with Gasteiger partial charge in [0, 0.05) is 25.1 Å². The van der Waals surface area contributed by atoms with E-state index < -0.39 is 0 Å². The minimum absolute atomic E-state index is 0.00385. The summed E-state index contributed by atoms with van der Waals surface area (Å²) in [7, 11) is 0. The molecule has 0 saturated heterocycles. The monoisotopic (exact) mass is 284 g/mol. The summed E-state index contributed by atoms with van der Waals surface area (Å²) in [6, 6.07) is 9.30. The fraction of sp³-hybridized carbons (Fsp3) is 0.412. The zero-order chi connectivity index (χ0) is 15.7. The lowest BCUT2D eigenvalue weighted by Gasteiger charge is -2.22. The molecule has 0 aliphatic rings. The van der Waals surface area contributed by atoms with Gasteiger partial charge in [0.1, 0.15) is 0 Å².